The number of sulfonamides is 1. The summed E-state index contributed by atoms with van der Waals surface area (Å²) in [5.41, 5.74) is 1.49. The van der Waals surface area contributed by atoms with Crippen molar-refractivity contribution >= 4 is 33.2 Å². The van der Waals surface area contributed by atoms with Crippen molar-refractivity contribution < 1.29 is 13.2 Å². The number of amides is 1. The molecule has 0 aliphatic carbocycles. The summed E-state index contributed by atoms with van der Waals surface area (Å²) in [6.45, 7) is 4.31. The lowest BCUT2D eigenvalue weighted by Gasteiger charge is -2.16. The van der Waals surface area contributed by atoms with E-state index in [1.807, 2.05) is 12.1 Å². The van der Waals surface area contributed by atoms with Gasteiger partial charge in [0.1, 0.15) is 0 Å². The maximum atomic E-state index is 12.8. The van der Waals surface area contributed by atoms with Crippen molar-refractivity contribution in [3.63, 3.8) is 0 Å². The van der Waals surface area contributed by atoms with E-state index in [1.54, 1.807) is 32.3 Å². The molecule has 0 aromatic heterocycles. The van der Waals surface area contributed by atoms with Crippen LogP contribution in [-0.2, 0) is 16.4 Å². The van der Waals surface area contributed by atoms with E-state index in [0.29, 0.717) is 10.9 Å². The molecular formula is C20H25ClN2O3S. The number of benzene rings is 2. The molecule has 27 heavy (non-hydrogen) atoms. The number of halogens is 1. The first kappa shape index (κ1) is 21.3. The first-order valence-corrected chi connectivity index (χ1v) is 10.6. The molecule has 7 heteroatoms. The standard InChI is InChI=1S/C20H25ClN2O3S/c1-14(2)5-6-15-7-10-17(11-8-15)27(25,26)22-19-13-16(21)9-12-18(19)20(24)23(3)4/h7-14,22H,5-6H2,1-4H3. The van der Waals surface area contributed by atoms with Crippen molar-refractivity contribution in [3.8, 4) is 0 Å². The number of hydrogen-bond acceptors (Lipinski definition) is 3. The van der Waals surface area contributed by atoms with Crippen molar-refractivity contribution in [2.75, 3.05) is 18.8 Å². The number of carbonyl (C=O) groups excluding carboxylic acids is 1. The van der Waals surface area contributed by atoms with Crippen LogP contribution in [-0.4, -0.2) is 33.3 Å². The molecule has 2 rings (SSSR count). The van der Waals surface area contributed by atoms with Crippen molar-refractivity contribution in [2.24, 2.45) is 5.92 Å². The Kier molecular flexibility index (Phi) is 6.89. The molecule has 0 heterocycles. The van der Waals surface area contributed by atoms with Crippen LogP contribution in [0.3, 0.4) is 0 Å². The molecule has 2 aromatic carbocycles. The Morgan fingerprint density at radius 2 is 1.74 bits per heavy atom. The van der Waals surface area contributed by atoms with E-state index in [4.69, 9.17) is 11.6 Å². The Labute approximate surface area is 166 Å². The summed E-state index contributed by atoms with van der Waals surface area (Å²) < 4.78 is 28.0. The average molecular weight is 409 g/mol. The largest absolute Gasteiger partial charge is 0.345 e. The third-order valence-electron chi connectivity index (χ3n) is 4.11. The van der Waals surface area contributed by atoms with Crippen molar-refractivity contribution in [1.82, 2.24) is 4.90 Å². The van der Waals surface area contributed by atoms with Gasteiger partial charge < -0.3 is 4.90 Å². The number of anilines is 1. The minimum absolute atomic E-state index is 0.138. The summed E-state index contributed by atoms with van der Waals surface area (Å²) in [6.07, 6.45) is 1.95. The fourth-order valence-corrected chi connectivity index (χ4v) is 3.77. The van der Waals surface area contributed by atoms with Crippen LogP contribution in [0.15, 0.2) is 47.4 Å². The summed E-state index contributed by atoms with van der Waals surface area (Å²) in [7, 11) is -0.635. The van der Waals surface area contributed by atoms with Crippen molar-refractivity contribution in [1.29, 1.82) is 0 Å². The maximum absolute atomic E-state index is 12.8. The fourth-order valence-electron chi connectivity index (χ4n) is 2.52. The van der Waals surface area contributed by atoms with Crippen LogP contribution >= 0.6 is 11.6 Å². The lowest BCUT2D eigenvalue weighted by Crippen LogP contribution is -2.24. The molecule has 0 aliphatic heterocycles. The third-order valence-corrected chi connectivity index (χ3v) is 5.72. The number of rotatable bonds is 7. The molecular weight excluding hydrogens is 384 g/mol. The van der Waals surface area contributed by atoms with E-state index in [9.17, 15) is 13.2 Å². The van der Waals surface area contributed by atoms with Gasteiger partial charge in [-0.3, -0.25) is 9.52 Å². The Morgan fingerprint density at radius 3 is 2.30 bits per heavy atom. The lowest BCUT2D eigenvalue weighted by atomic mass is 10.0. The van der Waals surface area contributed by atoms with Crippen LogP contribution in [0.1, 0.15) is 36.2 Å². The van der Waals surface area contributed by atoms with Crippen LogP contribution < -0.4 is 4.72 Å². The fraction of sp³-hybridized carbons (Fsp3) is 0.350. The number of hydrogen-bond donors (Lipinski definition) is 1. The quantitative estimate of drug-likeness (QED) is 0.736. The monoisotopic (exact) mass is 408 g/mol. The van der Waals surface area contributed by atoms with E-state index < -0.39 is 10.0 Å². The van der Waals surface area contributed by atoms with Gasteiger partial charge in [0.05, 0.1) is 16.1 Å². The lowest BCUT2D eigenvalue weighted by molar-refractivity contribution is 0.0828. The molecule has 0 radical (unpaired) electrons. The van der Waals surface area contributed by atoms with E-state index >= 15 is 0 Å². The summed E-state index contributed by atoms with van der Waals surface area (Å²) in [5.74, 6) is 0.277. The van der Waals surface area contributed by atoms with E-state index in [2.05, 4.69) is 18.6 Å². The number of carbonyl (C=O) groups is 1. The third kappa shape index (κ3) is 5.71. The normalized spacial score (nSPS) is 11.5. The van der Waals surface area contributed by atoms with E-state index in [1.165, 1.54) is 17.0 Å². The Bertz CT molecular complexity index is 907. The minimum atomic E-state index is -3.84. The highest BCUT2D eigenvalue weighted by Crippen LogP contribution is 2.25. The predicted molar refractivity (Wildman–Crippen MR) is 110 cm³/mol. The Morgan fingerprint density at radius 1 is 1.11 bits per heavy atom. The second kappa shape index (κ2) is 8.76. The number of nitrogens with zero attached hydrogens (tertiary/aromatic N) is 1. The van der Waals surface area contributed by atoms with Gasteiger partial charge >= 0.3 is 0 Å². The van der Waals surface area contributed by atoms with Gasteiger partial charge in [-0.25, -0.2) is 8.42 Å². The molecule has 0 saturated carbocycles. The zero-order valence-corrected chi connectivity index (χ0v) is 17.6. The summed E-state index contributed by atoms with van der Waals surface area (Å²) in [6, 6.07) is 11.3. The van der Waals surface area contributed by atoms with Gasteiger partial charge in [-0.2, -0.15) is 0 Å². The molecule has 0 bridgehead atoms. The van der Waals surface area contributed by atoms with Gasteiger partial charge in [-0.15, -0.1) is 0 Å². The predicted octanol–water partition coefficient (Wildman–Crippen LogP) is 4.43. The van der Waals surface area contributed by atoms with Gasteiger partial charge in [0, 0.05) is 19.1 Å². The van der Waals surface area contributed by atoms with Gasteiger partial charge in [-0.05, 0) is 54.7 Å². The summed E-state index contributed by atoms with van der Waals surface area (Å²) in [4.78, 5) is 13.8. The average Bonchev–Trinajstić information content (AvgIpc) is 2.59. The zero-order chi connectivity index (χ0) is 20.2. The topological polar surface area (TPSA) is 66.5 Å². The zero-order valence-electron chi connectivity index (χ0n) is 16.0. The van der Waals surface area contributed by atoms with E-state index in [0.717, 1.165) is 18.4 Å². The first-order valence-electron chi connectivity index (χ1n) is 8.73. The first-order chi connectivity index (χ1) is 12.6. The van der Waals surface area contributed by atoms with Crippen LogP contribution in [0.25, 0.3) is 0 Å². The van der Waals surface area contributed by atoms with Crippen molar-refractivity contribution in [2.45, 2.75) is 31.6 Å². The highest BCUT2D eigenvalue weighted by Gasteiger charge is 2.20. The maximum Gasteiger partial charge on any atom is 0.261 e. The molecule has 146 valence electrons. The molecule has 0 aliphatic rings. The molecule has 5 nitrogen and oxygen atoms in total. The minimum Gasteiger partial charge on any atom is -0.345 e. The SMILES string of the molecule is CC(C)CCc1ccc(S(=O)(=O)Nc2cc(Cl)ccc2C(=O)N(C)C)cc1. The molecule has 0 fully saturated rings. The molecule has 0 unspecified atom stereocenters. The van der Waals surface area contributed by atoms with Crippen LogP contribution in [0.5, 0.6) is 0 Å². The smallest absolute Gasteiger partial charge is 0.261 e. The number of aryl methyl sites for hydroxylation is 1. The molecule has 1 amide bonds. The summed E-state index contributed by atoms with van der Waals surface area (Å²) in [5, 5.41) is 0.340. The van der Waals surface area contributed by atoms with Crippen LogP contribution in [0.2, 0.25) is 5.02 Å². The molecule has 1 N–H and O–H groups in total. The van der Waals surface area contributed by atoms with Gasteiger partial charge in [0.15, 0.2) is 0 Å². The second-order valence-electron chi connectivity index (χ2n) is 7.07. The van der Waals surface area contributed by atoms with E-state index in [-0.39, 0.29) is 22.1 Å². The van der Waals surface area contributed by atoms with Crippen molar-refractivity contribution in [3.05, 3.63) is 58.6 Å². The second-order valence-corrected chi connectivity index (χ2v) is 9.19. The highest BCUT2D eigenvalue weighted by atomic mass is 35.5. The van der Waals surface area contributed by atoms with Gasteiger partial charge in [0.2, 0.25) is 0 Å². The molecule has 0 saturated heterocycles. The van der Waals surface area contributed by atoms with Crippen LogP contribution in [0.4, 0.5) is 5.69 Å². The number of nitrogens with one attached hydrogen (secondary N) is 1. The van der Waals surface area contributed by atoms with Gasteiger partial charge in [0.25, 0.3) is 15.9 Å². The molecule has 0 atom stereocenters. The van der Waals surface area contributed by atoms with Gasteiger partial charge in [-0.1, -0.05) is 37.6 Å². The molecule has 2 aromatic rings. The van der Waals surface area contributed by atoms with Crippen LogP contribution in [0, 0.1) is 5.92 Å². The highest BCUT2D eigenvalue weighted by molar-refractivity contribution is 7.92. The Hall–Kier alpha value is -2.05. The Balaban J connectivity index is 2.28. The summed E-state index contributed by atoms with van der Waals surface area (Å²) >= 11 is 6.00. The molecule has 0 spiro atoms.